The monoisotopic (exact) mass is 279 g/mol. The highest BCUT2D eigenvalue weighted by molar-refractivity contribution is 5.91. The molecule has 6 nitrogen and oxygen atoms in total. The van der Waals surface area contributed by atoms with E-state index in [0.29, 0.717) is 12.6 Å². The van der Waals surface area contributed by atoms with Gasteiger partial charge in [-0.3, -0.25) is 9.69 Å². The Hall–Kier alpha value is -1.40. The zero-order chi connectivity index (χ0) is 14.4. The minimum atomic E-state index is 0.0413. The van der Waals surface area contributed by atoms with Gasteiger partial charge in [0.05, 0.1) is 12.7 Å². The van der Waals surface area contributed by atoms with Gasteiger partial charge < -0.3 is 10.6 Å². The fourth-order valence-corrected chi connectivity index (χ4v) is 2.65. The quantitative estimate of drug-likeness (QED) is 0.813. The summed E-state index contributed by atoms with van der Waals surface area (Å²) in [7, 11) is 1.98. The largest absolute Gasteiger partial charge is 0.316 e. The number of hydrogen-bond acceptors (Lipinski definition) is 4. The second-order valence-electron chi connectivity index (χ2n) is 5.35. The van der Waals surface area contributed by atoms with E-state index in [1.165, 1.54) is 6.42 Å². The van der Waals surface area contributed by atoms with E-state index in [-0.39, 0.29) is 5.91 Å². The Morgan fingerprint density at radius 2 is 2.40 bits per heavy atom. The number of carbonyl (C=O) groups excluding carboxylic acids is 1. The van der Waals surface area contributed by atoms with E-state index in [4.69, 9.17) is 0 Å². The molecule has 0 aliphatic carbocycles. The Morgan fingerprint density at radius 3 is 3.15 bits per heavy atom. The Bertz CT molecular complexity index is 431. The van der Waals surface area contributed by atoms with Crippen LogP contribution in [0.15, 0.2) is 12.3 Å². The Labute approximate surface area is 120 Å². The molecule has 1 unspecified atom stereocenters. The lowest BCUT2D eigenvalue weighted by atomic mass is 10.1. The zero-order valence-electron chi connectivity index (χ0n) is 12.4. The van der Waals surface area contributed by atoms with Crippen molar-refractivity contribution in [2.24, 2.45) is 0 Å². The highest BCUT2D eigenvalue weighted by Gasteiger charge is 2.20. The molecule has 2 rings (SSSR count). The maximum absolute atomic E-state index is 12.1. The van der Waals surface area contributed by atoms with E-state index >= 15 is 0 Å². The molecule has 1 amide bonds. The van der Waals surface area contributed by atoms with E-state index < -0.39 is 0 Å². The van der Waals surface area contributed by atoms with Crippen LogP contribution in [0.5, 0.6) is 0 Å². The summed E-state index contributed by atoms with van der Waals surface area (Å²) < 4.78 is 1.84. The van der Waals surface area contributed by atoms with E-state index in [9.17, 15) is 4.79 Å². The first-order valence-electron chi connectivity index (χ1n) is 7.44. The number of likely N-dealkylation sites (tertiary alicyclic amines) is 1. The van der Waals surface area contributed by atoms with Gasteiger partial charge in [0.2, 0.25) is 5.91 Å². The predicted molar refractivity (Wildman–Crippen MR) is 79.7 cm³/mol. The molecule has 0 aromatic carbocycles. The van der Waals surface area contributed by atoms with Gasteiger partial charge in [0.15, 0.2) is 0 Å². The van der Waals surface area contributed by atoms with Gasteiger partial charge in [0, 0.05) is 25.2 Å². The number of piperidine rings is 1. The number of anilines is 1. The molecule has 1 fully saturated rings. The van der Waals surface area contributed by atoms with Crippen LogP contribution in [0.4, 0.5) is 5.82 Å². The van der Waals surface area contributed by atoms with E-state index in [2.05, 4.69) is 27.6 Å². The topological polar surface area (TPSA) is 62.2 Å². The van der Waals surface area contributed by atoms with Crippen molar-refractivity contribution in [2.75, 3.05) is 32.0 Å². The van der Waals surface area contributed by atoms with Gasteiger partial charge in [0.1, 0.15) is 5.82 Å². The summed E-state index contributed by atoms with van der Waals surface area (Å²) in [6.45, 7) is 5.32. The van der Waals surface area contributed by atoms with Crippen LogP contribution in [0.25, 0.3) is 0 Å². The standard InChI is InChI=1S/C14H25N5O/c1-3-8-19-13(6-7-16-19)17-14(20)11-18-9-4-5-12(10-18)15-2/h6-7,12,15H,3-5,8-11H2,1-2H3,(H,17,20). The lowest BCUT2D eigenvalue weighted by Crippen LogP contribution is -2.47. The molecule has 1 aromatic heterocycles. The summed E-state index contributed by atoms with van der Waals surface area (Å²) in [5.41, 5.74) is 0. The average Bonchev–Trinajstić information content (AvgIpc) is 2.86. The number of nitrogens with one attached hydrogen (secondary N) is 2. The van der Waals surface area contributed by atoms with Gasteiger partial charge in [-0.2, -0.15) is 5.10 Å². The van der Waals surface area contributed by atoms with Crippen molar-refractivity contribution in [3.8, 4) is 0 Å². The lowest BCUT2D eigenvalue weighted by molar-refractivity contribution is -0.117. The number of carbonyl (C=O) groups is 1. The number of rotatable bonds is 6. The summed E-state index contributed by atoms with van der Waals surface area (Å²) >= 11 is 0. The number of likely N-dealkylation sites (N-methyl/N-ethyl adjacent to an activating group) is 1. The summed E-state index contributed by atoms with van der Waals surface area (Å²) in [4.78, 5) is 14.3. The maximum Gasteiger partial charge on any atom is 0.239 e. The molecular formula is C14H25N5O. The lowest BCUT2D eigenvalue weighted by Gasteiger charge is -2.31. The van der Waals surface area contributed by atoms with Crippen LogP contribution >= 0.6 is 0 Å². The van der Waals surface area contributed by atoms with Crippen LogP contribution in [0.1, 0.15) is 26.2 Å². The third-order valence-electron chi connectivity index (χ3n) is 3.70. The molecule has 1 atom stereocenters. The fourth-order valence-electron chi connectivity index (χ4n) is 2.65. The fraction of sp³-hybridized carbons (Fsp3) is 0.714. The first-order chi connectivity index (χ1) is 9.72. The molecule has 0 spiro atoms. The predicted octanol–water partition coefficient (Wildman–Crippen LogP) is 0.915. The SMILES string of the molecule is CCCn1nccc1NC(=O)CN1CCCC(NC)C1. The second kappa shape index (κ2) is 7.40. The summed E-state index contributed by atoms with van der Waals surface area (Å²) in [5, 5.41) is 10.5. The van der Waals surface area contributed by atoms with Crippen LogP contribution in [0.3, 0.4) is 0 Å². The third-order valence-corrected chi connectivity index (χ3v) is 3.70. The normalized spacial score (nSPS) is 20.0. The molecule has 2 heterocycles. The average molecular weight is 279 g/mol. The van der Waals surface area contributed by atoms with Gasteiger partial charge in [0.25, 0.3) is 0 Å². The maximum atomic E-state index is 12.1. The molecule has 0 saturated carbocycles. The summed E-state index contributed by atoms with van der Waals surface area (Å²) in [5.74, 6) is 0.832. The minimum Gasteiger partial charge on any atom is -0.316 e. The second-order valence-corrected chi connectivity index (χ2v) is 5.35. The molecule has 0 radical (unpaired) electrons. The van der Waals surface area contributed by atoms with Gasteiger partial charge in [-0.05, 0) is 32.9 Å². The summed E-state index contributed by atoms with van der Waals surface area (Å²) in [6, 6.07) is 2.35. The number of aryl methyl sites for hydroxylation is 1. The molecule has 1 aromatic rings. The molecule has 112 valence electrons. The van der Waals surface area contributed by atoms with Crippen molar-refractivity contribution in [1.29, 1.82) is 0 Å². The Morgan fingerprint density at radius 1 is 1.55 bits per heavy atom. The van der Waals surface area contributed by atoms with Gasteiger partial charge >= 0.3 is 0 Å². The zero-order valence-corrected chi connectivity index (χ0v) is 12.4. The van der Waals surface area contributed by atoms with Crippen molar-refractivity contribution < 1.29 is 4.79 Å². The van der Waals surface area contributed by atoms with E-state index in [1.54, 1.807) is 6.20 Å². The van der Waals surface area contributed by atoms with E-state index in [1.807, 2.05) is 17.8 Å². The summed E-state index contributed by atoms with van der Waals surface area (Å²) in [6.07, 6.45) is 5.06. The van der Waals surface area contributed by atoms with Crippen molar-refractivity contribution in [3.05, 3.63) is 12.3 Å². The minimum absolute atomic E-state index is 0.0413. The smallest absolute Gasteiger partial charge is 0.239 e. The van der Waals surface area contributed by atoms with Gasteiger partial charge in [-0.15, -0.1) is 0 Å². The molecule has 1 aliphatic heterocycles. The third kappa shape index (κ3) is 4.05. The van der Waals surface area contributed by atoms with Crippen LogP contribution < -0.4 is 10.6 Å². The van der Waals surface area contributed by atoms with Crippen LogP contribution in [-0.4, -0.2) is 53.3 Å². The van der Waals surface area contributed by atoms with Crippen molar-refractivity contribution >= 4 is 11.7 Å². The molecule has 1 saturated heterocycles. The van der Waals surface area contributed by atoms with Crippen molar-refractivity contribution in [3.63, 3.8) is 0 Å². The molecule has 1 aliphatic rings. The van der Waals surface area contributed by atoms with Crippen molar-refractivity contribution in [1.82, 2.24) is 20.0 Å². The number of hydrogen-bond donors (Lipinski definition) is 2. The van der Waals surface area contributed by atoms with Gasteiger partial charge in [-0.1, -0.05) is 6.92 Å². The molecule has 0 bridgehead atoms. The first-order valence-corrected chi connectivity index (χ1v) is 7.44. The first kappa shape index (κ1) is 15.0. The molecule has 20 heavy (non-hydrogen) atoms. The van der Waals surface area contributed by atoms with Crippen LogP contribution in [0, 0.1) is 0 Å². The van der Waals surface area contributed by atoms with Gasteiger partial charge in [-0.25, -0.2) is 4.68 Å². The molecule has 2 N–H and O–H groups in total. The highest BCUT2D eigenvalue weighted by Crippen LogP contribution is 2.11. The Balaban J connectivity index is 1.84. The van der Waals surface area contributed by atoms with Crippen LogP contribution in [-0.2, 0) is 11.3 Å². The molecular weight excluding hydrogens is 254 g/mol. The van der Waals surface area contributed by atoms with Crippen molar-refractivity contribution in [2.45, 2.75) is 38.8 Å². The number of aromatic nitrogens is 2. The van der Waals surface area contributed by atoms with E-state index in [0.717, 1.165) is 38.3 Å². The molecule has 6 heteroatoms. The number of nitrogens with zero attached hydrogens (tertiary/aromatic N) is 3. The van der Waals surface area contributed by atoms with Crippen LogP contribution in [0.2, 0.25) is 0 Å². The highest BCUT2D eigenvalue weighted by atomic mass is 16.2. The number of amides is 1. The Kier molecular flexibility index (Phi) is 5.55.